The van der Waals surface area contributed by atoms with Crippen LogP contribution in [0.15, 0.2) is 30.3 Å². The van der Waals surface area contributed by atoms with Crippen molar-refractivity contribution in [2.75, 3.05) is 0 Å². The van der Waals surface area contributed by atoms with E-state index in [0.29, 0.717) is 5.56 Å². The predicted molar refractivity (Wildman–Crippen MR) is 63.3 cm³/mol. The minimum atomic E-state index is -0.890. The zero-order valence-electron chi connectivity index (χ0n) is 7.56. The Morgan fingerprint density at radius 1 is 1.33 bits per heavy atom. The fourth-order valence-corrected chi connectivity index (χ4v) is 1.85. The Morgan fingerprint density at radius 3 is 2.47 bits per heavy atom. The van der Waals surface area contributed by atoms with Crippen LogP contribution in [-0.4, -0.2) is 15.9 Å². The Morgan fingerprint density at radius 2 is 1.93 bits per heavy atom. The third-order valence-electron chi connectivity index (χ3n) is 1.70. The fourth-order valence-electron chi connectivity index (χ4n) is 0.991. The Bertz CT molecular complexity index is 377. The molecule has 1 rings (SSSR count). The molecule has 0 radical (unpaired) electrons. The third-order valence-corrected chi connectivity index (χ3v) is 3.55. The molecule has 5 heteroatoms. The van der Waals surface area contributed by atoms with Crippen molar-refractivity contribution in [3.8, 4) is 5.40 Å². The Hall–Kier alpha value is -0.690. The SMILES string of the molecule is N#CSC(Cl)C(Cl)C(=O)c1ccccc1. The van der Waals surface area contributed by atoms with Crippen LogP contribution < -0.4 is 0 Å². The number of alkyl halides is 2. The minimum Gasteiger partial charge on any atom is -0.292 e. The molecule has 0 aliphatic heterocycles. The van der Waals surface area contributed by atoms with Gasteiger partial charge in [0.15, 0.2) is 5.78 Å². The van der Waals surface area contributed by atoms with Crippen LogP contribution in [0, 0.1) is 10.7 Å². The molecule has 78 valence electrons. The van der Waals surface area contributed by atoms with E-state index in [-0.39, 0.29) is 5.78 Å². The molecule has 0 bridgehead atoms. The Labute approximate surface area is 102 Å². The molecule has 1 aromatic carbocycles. The molecule has 0 saturated heterocycles. The number of thioether (sulfide) groups is 1. The van der Waals surface area contributed by atoms with Crippen molar-refractivity contribution in [3.63, 3.8) is 0 Å². The summed E-state index contributed by atoms with van der Waals surface area (Å²) in [6.07, 6.45) is 0. The lowest BCUT2D eigenvalue weighted by atomic mass is 10.1. The fraction of sp³-hybridized carbons (Fsp3) is 0.200. The van der Waals surface area contributed by atoms with E-state index < -0.39 is 10.1 Å². The van der Waals surface area contributed by atoms with E-state index in [1.54, 1.807) is 29.7 Å². The van der Waals surface area contributed by atoms with Gasteiger partial charge in [0, 0.05) is 5.56 Å². The highest BCUT2D eigenvalue weighted by Crippen LogP contribution is 2.24. The number of halogens is 2. The van der Waals surface area contributed by atoms with Crippen molar-refractivity contribution < 1.29 is 4.79 Å². The molecule has 15 heavy (non-hydrogen) atoms. The maximum atomic E-state index is 11.7. The summed E-state index contributed by atoms with van der Waals surface area (Å²) in [5.41, 5.74) is 0.502. The molecule has 0 heterocycles. The van der Waals surface area contributed by atoms with Crippen molar-refractivity contribution in [2.45, 2.75) is 10.1 Å². The first-order chi connectivity index (χ1) is 7.16. The molecule has 0 saturated carbocycles. The second kappa shape index (κ2) is 6.02. The first-order valence-corrected chi connectivity index (χ1v) is 5.84. The topological polar surface area (TPSA) is 40.9 Å². The number of hydrogen-bond donors (Lipinski definition) is 0. The number of carbonyl (C=O) groups excluding carboxylic acids is 1. The molecule has 0 N–H and O–H groups in total. The van der Waals surface area contributed by atoms with Gasteiger partial charge in [-0.2, -0.15) is 5.26 Å². The smallest absolute Gasteiger partial charge is 0.183 e. The molecular formula is C10H7Cl2NOS. The summed E-state index contributed by atoms with van der Waals surface area (Å²) in [5, 5.41) is 9.31. The highest BCUT2D eigenvalue weighted by atomic mass is 35.5. The zero-order valence-corrected chi connectivity index (χ0v) is 9.89. The second-order valence-electron chi connectivity index (χ2n) is 2.69. The Balaban J connectivity index is 2.74. The van der Waals surface area contributed by atoms with Crippen molar-refractivity contribution in [3.05, 3.63) is 35.9 Å². The lowest BCUT2D eigenvalue weighted by Crippen LogP contribution is -2.22. The van der Waals surface area contributed by atoms with Gasteiger partial charge in [-0.15, -0.1) is 23.2 Å². The maximum Gasteiger partial charge on any atom is 0.183 e. The number of thiocyanates is 1. The Kier molecular flexibility index (Phi) is 4.97. The lowest BCUT2D eigenvalue weighted by molar-refractivity contribution is 0.0991. The minimum absolute atomic E-state index is 0.264. The number of Topliss-reactive ketones (excluding diaryl/α,β-unsaturated/α-hetero) is 1. The monoisotopic (exact) mass is 259 g/mol. The van der Waals surface area contributed by atoms with Crippen LogP contribution in [0.25, 0.3) is 0 Å². The van der Waals surface area contributed by atoms with Gasteiger partial charge >= 0.3 is 0 Å². The molecule has 2 unspecified atom stereocenters. The molecule has 0 aliphatic rings. The van der Waals surface area contributed by atoms with Gasteiger partial charge in [-0.1, -0.05) is 30.3 Å². The summed E-state index contributed by atoms with van der Waals surface area (Å²) in [5.74, 6) is -0.264. The van der Waals surface area contributed by atoms with Crippen LogP contribution >= 0.6 is 35.0 Å². The number of benzene rings is 1. The van der Waals surface area contributed by atoms with Gasteiger partial charge < -0.3 is 0 Å². The van der Waals surface area contributed by atoms with Gasteiger partial charge in [-0.3, -0.25) is 4.79 Å². The molecule has 0 amide bonds. The standard InChI is InChI=1S/C10H7Cl2NOS/c11-8(10(12)15-6-13)9(14)7-4-2-1-3-5-7/h1-5,8,10H. The quantitative estimate of drug-likeness (QED) is 0.474. The van der Waals surface area contributed by atoms with Crippen LogP contribution in [0.4, 0.5) is 0 Å². The van der Waals surface area contributed by atoms with E-state index in [4.69, 9.17) is 28.5 Å². The second-order valence-corrected chi connectivity index (χ2v) is 4.82. The number of carbonyl (C=O) groups is 1. The van der Waals surface area contributed by atoms with Crippen LogP contribution in [0.1, 0.15) is 10.4 Å². The number of nitrogens with zero attached hydrogens (tertiary/aromatic N) is 1. The van der Waals surface area contributed by atoms with Crippen LogP contribution in [-0.2, 0) is 0 Å². The third kappa shape index (κ3) is 3.42. The molecule has 0 spiro atoms. The number of nitriles is 1. The van der Waals surface area contributed by atoms with Gasteiger partial charge in [0.2, 0.25) is 0 Å². The van der Waals surface area contributed by atoms with E-state index in [0.717, 1.165) is 11.8 Å². The summed E-state index contributed by atoms with van der Waals surface area (Å²) in [4.78, 5) is 11.7. The van der Waals surface area contributed by atoms with E-state index in [1.807, 2.05) is 6.07 Å². The molecule has 1 aromatic rings. The van der Waals surface area contributed by atoms with E-state index in [9.17, 15) is 4.79 Å². The van der Waals surface area contributed by atoms with Crippen molar-refractivity contribution >= 4 is 40.7 Å². The molecular weight excluding hydrogens is 253 g/mol. The van der Waals surface area contributed by atoms with Crippen LogP contribution in [0.2, 0.25) is 0 Å². The average Bonchev–Trinajstić information content (AvgIpc) is 2.28. The van der Waals surface area contributed by atoms with Crippen molar-refractivity contribution in [2.24, 2.45) is 0 Å². The van der Waals surface area contributed by atoms with E-state index in [1.165, 1.54) is 0 Å². The van der Waals surface area contributed by atoms with Crippen LogP contribution in [0.3, 0.4) is 0 Å². The highest BCUT2D eigenvalue weighted by Gasteiger charge is 2.25. The van der Waals surface area contributed by atoms with E-state index >= 15 is 0 Å². The van der Waals surface area contributed by atoms with Gasteiger partial charge in [-0.25, -0.2) is 0 Å². The van der Waals surface area contributed by atoms with Gasteiger partial charge in [0.05, 0.1) is 0 Å². The molecule has 0 aromatic heterocycles. The normalized spacial score (nSPS) is 13.9. The summed E-state index contributed by atoms with van der Waals surface area (Å²) in [6, 6.07) is 8.63. The summed E-state index contributed by atoms with van der Waals surface area (Å²) < 4.78 is -0.732. The van der Waals surface area contributed by atoms with Gasteiger partial charge in [0.25, 0.3) is 0 Å². The molecule has 2 atom stereocenters. The average molecular weight is 260 g/mol. The lowest BCUT2D eigenvalue weighted by Gasteiger charge is -2.10. The zero-order chi connectivity index (χ0) is 11.3. The largest absolute Gasteiger partial charge is 0.292 e. The highest BCUT2D eigenvalue weighted by molar-refractivity contribution is 8.05. The number of hydrogen-bond acceptors (Lipinski definition) is 3. The van der Waals surface area contributed by atoms with E-state index in [2.05, 4.69) is 0 Å². The van der Waals surface area contributed by atoms with Gasteiger partial charge in [-0.05, 0) is 11.8 Å². The summed E-state index contributed by atoms with van der Waals surface area (Å²) in [6.45, 7) is 0. The van der Waals surface area contributed by atoms with Crippen molar-refractivity contribution in [1.82, 2.24) is 0 Å². The molecule has 0 fully saturated rings. The maximum absolute atomic E-state index is 11.7. The summed E-state index contributed by atoms with van der Waals surface area (Å²) >= 11 is 12.4. The first kappa shape index (κ1) is 12.4. The van der Waals surface area contributed by atoms with Crippen molar-refractivity contribution in [1.29, 1.82) is 5.26 Å². The van der Waals surface area contributed by atoms with Crippen LogP contribution in [0.5, 0.6) is 0 Å². The molecule has 0 aliphatic carbocycles. The number of ketones is 1. The van der Waals surface area contributed by atoms with Gasteiger partial charge in [0.1, 0.15) is 15.5 Å². The number of rotatable bonds is 4. The first-order valence-electron chi connectivity index (χ1n) is 4.09. The predicted octanol–water partition coefficient (Wildman–Crippen LogP) is 3.26. The summed E-state index contributed by atoms with van der Waals surface area (Å²) in [7, 11) is 0. The molecule has 2 nitrogen and oxygen atoms in total.